The van der Waals surface area contributed by atoms with Crippen LogP contribution in [-0.2, 0) is 0 Å². The molecular weight excluding hydrogens is 285 g/mol. The number of halogens is 1. The Balaban J connectivity index is 2.07. The number of hydrogen-bond acceptors (Lipinski definition) is 4. The lowest BCUT2D eigenvalue weighted by Gasteiger charge is -2.41. The van der Waals surface area contributed by atoms with E-state index in [9.17, 15) is 9.18 Å². The molecule has 0 aliphatic carbocycles. The molecule has 122 valence electrons. The maximum Gasteiger partial charge on any atom is 0.257 e. The highest BCUT2D eigenvalue weighted by Crippen LogP contribution is 2.24. The Kier molecular flexibility index (Phi) is 5.01. The van der Waals surface area contributed by atoms with E-state index in [4.69, 9.17) is 4.74 Å². The summed E-state index contributed by atoms with van der Waals surface area (Å²) in [4.78, 5) is 18.6. The number of methoxy groups -OCH3 is 1. The van der Waals surface area contributed by atoms with Crippen molar-refractivity contribution in [1.82, 2.24) is 15.2 Å². The lowest BCUT2D eigenvalue weighted by atomic mass is 9.88. The second kappa shape index (κ2) is 6.60. The van der Waals surface area contributed by atoms with Crippen LogP contribution in [0, 0.1) is 5.82 Å². The van der Waals surface area contributed by atoms with Gasteiger partial charge in [-0.3, -0.25) is 4.79 Å². The minimum Gasteiger partial charge on any atom is -0.480 e. The van der Waals surface area contributed by atoms with Crippen LogP contribution in [0.15, 0.2) is 12.3 Å². The van der Waals surface area contributed by atoms with Crippen LogP contribution in [0.5, 0.6) is 5.88 Å². The van der Waals surface area contributed by atoms with Gasteiger partial charge in [0.15, 0.2) is 0 Å². The van der Waals surface area contributed by atoms with Crippen LogP contribution < -0.4 is 10.1 Å². The van der Waals surface area contributed by atoms with Gasteiger partial charge in [-0.05, 0) is 39.7 Å². The maximum absolute atomic E-state index is 13.4. The number of ether oxygens (including phenoxy) is 1. The van der Waals surface area contributed by atoms with Gasteiger partial charge in [-0.1, -0.05) is 0 Å². The molecule has 5 nitrogen and oxygen atoms in total. The molecule has 0 atom stereocenters. The maximum atomic E-state index is 13.4. The minimum atomic E-state index is -0.550. The fourth-order valence-corrected chi connectivity index (χ4v) is 2.75. The van der Waals surface area contributed by atoms with E-state index in [0.717, 1.165) is 38.2 Å². The lowest BCUT2D eigenvalue weighted by molar-refractivity contribution is 0.0798. The standard InChI is InChI=1S/C16H24FN3O2/c1-11(2)20-7-5-16(3,6-8-20)19-14(21)13-9-12(17)10-18-15(13)22-4/h9-11H,5-8H2,1-4H3,(H,19,21). The molecule has 22 heavy (non-hydrogen) atoms. The van der Waals surface area contributed by atoms with Crippen molar-refractivity contribution >= 4 is 5.91 Å². The van der Waals surface area contributed by atoms with Gasteiger partial charge < -0.3 is 15.0 Å². The highest BCUT2D eigenvalue weighted by atomic mass is 19.1. The monoisotopic (exact) mass is 309 g/mol. The molecule has 2 heterocycles. The second-order valence-corrected chi connectivity index (χ2v) is 6.35. The summed E-state index contributed by atoms with van der Waals surface area (Å²) in [6.45, 7) is 8.25. The van der Waals surface area contributed by atoms with Crippen LogP contribution in [0.1, 0.15) is 44.0 Å². The van der Waals surface area contributed by atoms with E-state index in [-0.39, 0.29) is 22.9 Å². The summed E-state index contributed by atoms with van der Waals surface area (Å²) in [5.74, 6) is -0.753. The van der Waals surface area contributed by atoms with Crippen molar-refractivity contribution in [3.8, 4) is 5.88 Å². The number of carbonyl (C=O) groups excluding carboxylic acids is 1. The molecule has 0 unspecified atom stereocenters. The predicted octanol–water partition coefficient (Wildman–Crippen LogP) is 2.22. The van der Waals surface area contributed by atoms with Gasteiger partial charge in [0.25, 0.3) is 5.91 Å². The number of aromatic nitrogens is 1. The summed E-state index contributed by atoms with van der Waals surface area (Å²) in [7, 11) is 1.42. The Morgan fingerprint density at radius 3 is 2.64 bits per heavy atom. The van der Waals surface area contributed by atoms with E-state index in [2.05, 4.69) is 29.0 Å². The zero-order chi connectivity index (χ0) is 16.3. The van der Waals surface area contributed by atoms with E-state index >= 15 is 0 Å². The molecule has 0 saturated carbocycles. The van der Waals surface area contributed by atoms with Gasteiger partial charge >= 0.3 is 0 Å². The molecule has 1 N–H and O–H groups in total. The first-order chi connectivity index (χ1) is 10.3. The number of likely N-dealkylation sites (tertiary alicyclic amines) is 1. The lowest BCUT2D eigenvalue weighted by Crippen LogP contribution is -2.54. The Morgan fingerprint density at radius 1 is 1.45 bits per heavy atom. The summed E-state index contributed by atoms with van der Waals surface area (Å²) in [6, 6.07) is 1.67. The van der Waals surface area contributed by atoms with Gasteiger partial charge in [-0.2, -0.15) is 0 Å². The molecule has 6 heteroatoms. The van der Waals surface area contributed by atoms with E-state index in [1.165, 1.54) is 7.11 Å². The van der Waals surface area contributed by atoms with Gasteiger partial charge in [0.2, 0.25) is 5.88 Å². The fraction of sp³-hybridized carbons (Fsp3) is 0.625. The van der Waals surface area contributed by atoms with E-state index in [1.54, 1.807) is 0 Å². The highest BCUT2D eigenvalue weighted by Gasteiger charge is 2.33. The number of amides is 1. The van der Waals surface area contributed by atoms with Gasteiger partial charge in [-0.25, -0.2) is 9.37 Å². The SMILES string of the molecule is COc1ncc(F)cc1C(=O)NC1(C)CCN(C(C)C)CC1. The van der Waals surface area contributed by atoms with Gasteiger partial charge in [0.1, 0.15) is 11.4 Å². The molecule has 2 rings (SSSR count). The van der Waals surface area contributed by atoms with Crippen molar-refractivity contribution in [2.75, 3.05) is 20.2 Å². The quantitative estimate of drug-likeness (QED) is 0.926. The smallest absolute Gasteiger partial charge is 0.257 e. The third-order valence-corrected chi connectivity index (χ3v) is 4.30. The van der Waals surface area contributed by atoms with Gasteiger partial charge in [0, 0.05) is 24.7 Å². The summed E-state index contributed by atoms with van der Waals surface area (Å²) in [5, 5.41) is 3.02. The van der Waals surface area contributed by atoms with Crippen molar-refractivity contribution in [1.29, 1.82) is 0 Å². The van der Waals surface area contributed by atoms with Gasteiger partial charge in [0.05, 0.1) is 13.3 Å². The van der Waals surface area contributed by atoms with Crippen LogP contribution in [0.25, 0.3) is 0 Å². The van der Waals surface area contributed by atoms with Crippen molar-refractivity contribution in [2.24, 2.45) is 0 Å². The number of piperidine rings is 1. The largest absolute Gasteiger partial charge is 0.480 e. The molecule has 1 aromatic rings. The topological polar surface area (TPSA) is 54.5 Å². The molecule has 1 aromatic heterocycles. The Morgan fingerprint density at radius 2 is 2.09 bits per heavy atom. The molecule has 0 aromatic carbocycles. The third kappa shape index (κ3) is 3.74. The molecule has 1 saturated heterocycles. The summed E-state index contributed by atoms with van der Waals surface area (Å²) >= 11 is 0. The molecule has 1 fully saturated rings. The first-order valence-corrected chi connectivity index (χ1v) is 7.61. The average molecular weight is 309 g/mol. The Labute approximate surface area is 130 Å². The van der Waals surface area contributed by atoms with Crippen LogP contribution in [0.2, 0.25) is 0 Å². The Bertz CT molecular complexity index is 540. The van der Waals surface area contributed by atoms with Crippen molar-refractivity contribution in [3.63, 3.8) is 0 Å². The van der Waals surface area contributed by atoms with Crippen LogP contribution in [0.4, 0.5) is 4.39 Å². The number of nitrogens with one attached hydrogen (secondary N) is 1. The third-order valence-electron chi connectivity index (χ3n) is 4.30. The van der Waals surface area contributed by atoms with Crippen LogP contribution in [-0.4, -0.2) is 47.6 Å². The van der Waals surface area contributed by atoms with Crippen molar-refractivity contribution < 1.29 is 13.9 Å². The minimum absolute atomic E-state index is 0.134. The van der Waals surface area contributed by atoms with Crippen LogP contribution in [0.3, 0.4) is 0 Å². The number of pyridine rings is 1. The molecule has 0 radical (unpaired) electrons. The zero-order valence-corrected chi connectivity index (χ0v) is 13.6. The Hall–Kier alpha value is -1.69. The number of carbonyl (C=O) groups is 1. The molecular formula is C16H24FN3O2. The van der Waals surface area contributed by atoms with E-state index in [0.29, 0.717) is 6.04 Å². The number of rotatable bonds is 4. The first-order valence-electron chi connectivity index (χ1n) is 7.61. The van der Waals surface area contributed by atoms with Crippen LogP contribution >= 0.6 is 0 Å². The normalized spacial score (nSPS) is 18.3. The number of nitrogens with zero attached hydrogens (tertiary/aromatic N) is 2. The fourth-order valence-electron chi connectivity index (χ4n) is 2.75. The summed E-state index contributed by atoms with van der Waals surface area (Å²) < 4.78 is 18.4. The first kappa shape index (κ1) is 16.7. The predicted molar refractivity (Wildman–Crippen MR) is 82.6 cm³/mol. The molecule has 0 spiro atoms. The average Bonchev–Trinajstić information content (AvgIpc) is 2.47. The number of hydrogen-bond donors (Lipinski definition) is 1. The highest BCUT2D eigenvalue weighted by molar-refractivity contribution is 5.96. The molecule has 0 bridgehead atoms. The van der Waals surface area contributed by atoms with Gasteiger partial charge in [-0.15, -0.1) is 0 Å². The zero-order valence-electron chi connectivity index (χ0n) is 13.6. The summed E-state index contributed by atoms with van der Waals surface area (Å²) in [5.41, 5.74) is -0.158. The van der Waals surface area contributed by atoms with Crippen molar-refractivity contribution in [2.45, 2.75) is 45.2 Å². The van der Waals surface area contributed by atoms with Crippen molar-refractivity contribution in [3.05, 3.63) is 23.6 Å². The van der Waals surface area contributed by atoms with E-state index < -0.39 is 5.82 Å². The van der Waals surface area contributed by atoms with E-state index in [1.807, 2.05) is 6.92 Å². The summed E-state index contributed by atoms with van der Waals surface area (Å²) in [6.07, 6.45) is 2.77. The second-order valence-electron chi connectivity index (χ2n) is 6.35. The molecule has 1 aliphatic rings. The molecule has 1 aliphatic heterocycles. The molecule has 1 amide bonds.